The summed E-state index contributed by atoms with van der Waals surface area (Å²) in [6.07, 6.45) is 1.33. The van der Waals surface area contributed by atoms with Crippen LogP contribution in [0.3, 0.4) is 0 Å². The van der Waals surface area contributed by atoms with Gasteiger partial charge in [0.15, 0.2) is 5.78 Å². The SMILES string of the molecule is O=C1C[C@@H](c2ccccc2)CC2=C1[C@@H](c1ccc(Cl)cc1)Nc1ccccc1N2. The Hall–Kier alpha value is -3.04. The molecule has 0 aromatic heterocycles. The van der Waals surface area contributed by atoms with Gasteiger partial charge in [0.1, 0.15) is 0 Å². The van der Waals surface area contributed by atoms with Gasteiger partial charge in [0.25, 0.3) is 0 Å². The minimum atomic E-state index is -0.206. The number of carbonyl (C=O) groups is 1. The van der Waals surface area contributed by atoms with E-state index in [1.807, 2.05) is 66.7 Å². The summed E-state index contributed by atoms with van der Waals surface area (Å²) in [5.41, 5.74) is 6.07. The van der Waals surface area contributed by atoms with E-state index in [1.165, 1.54) is 5.56 Å². The molecule has 0 spiro atoms. The largest absolute Gasteiger partial charge is 0.372 e. The molecule has 0 amide bonds. The maximum atomic E-state index is 13.4. The van der Waals surface area contributed by atoms with Crippen LogP contribution < -0.4 is 10.6 Å². The number of allylic oxidation sites excluding steroid dienone is 1. The van der Waals surface area contributed by atoms with Crippen molar-refractivity contribution >= 4 is 28.8 Å². The number of nitrogens with one attached hydrogen (secondary N) is 2. The molecule has 4 heteroatoms. The van der Waals surface area contributed by atoms with E-state index < -0.39 is 0 Å². The topological polar surface area (TPSA) is 41.1 Å². The fourth-order valence-electron chi connectivity index (χ4n) is 4.36. The average molecular weight is 401 g/mol. The second-order valence-corrected chi connectivity index (χ2v) is 8.07. The summed E-state index contributed by atoms with van der Waals surface area (Å²) in [5, 5.41) is 7.86. The Morgan fingerprint density at radius 1 is 0.759 bits per heavy atom. The maximum Gasteiger partial charge on any atom is 0.163 e. The van der Waals surface area contributed by atoms with Gasteiger partial charge in [-0.05, 0) is 47.7 Å². The highest BCUT2D eigenvalue weighted by atomic mass is 35.5. The van der Waals surface area contributed by atoms with E-state index in [0.717, 1.165) is 34.6 Å². The molecule has 5 rings (SSSR count). The quantitative estimate of drug-likeness (QED) is 0.528. The summed E-state index contributed by atoms with van der Waals surface area (Å²) in [7, 11) is 0. The van der Waals surface area contributed by atoms with E-state index in [9.17, 15) is 4.79 Å². The Kier molecular flexibility index (Phi) is 4.61. The zero-order chi connectivity index (χ0) is 19.8. The molecule has 0 radical (unpaired) electrons. The number of anilines is 2. The summed E-state index contributed by atoms with van der Waals surface area (Å²) in [6, 6.07) is 26.0. The maximum absolute atomic E-state index is 13.4. The molecule has 0 saturated carbocycles. The summed E-state index contributed by atoms with van der Waals surface area (Å²) >= 11 is 6.11. The van der Waals surface area contributed by atoms with Crippen LogP contribution in [-0.4, -0.2) is 5.78 Å². The summed E-state index contributed by atoms with van der Waals surface area (Å²) < 4.78 is 0. The molecule has 1 aliphatic heterocycles. The van der Waals surface area contributed by atoms with Gasteiger partial charge < -0.3 is 10.6 Å². The van der Waals surface area contributed by atoms with Crippen molar-refractivity contribution in [1.82, 2.24) is 0 Å². The number of halogens is 1. The third kappa shape index (κ3) is 3.43. The summed E-state index contributed by atoms with van der Waals surface area (Å²) in [5.74, 6) is 0.374. The molecule has 3 nitrogen and oxygen atoms in total. The lowest BCUT2D eigenvalue weighted by atomic mass is 9.78. The highest BCUT2D eigenvalue weighted by Gasteiger charge is 2.35. The molecule has 0 bridgehead atoms. The van der Waals surface area contributed by atoms with Crippen molar-refractivity contribution in [2.45, 2.75) is 24.8 Å². The van der Waals surface area contributed by atoms with E-state index in [2.05, 4.69) is 22.8 Å². The summed E-state index contributed by atoms with van der Waals surface area (Å²) in [4.78, 5) is 13.4. The number of rotatable bonds is 2. The molecule has 0 unspecified atom stereocenters. The van der Waals surface area contributed by atoms with Gasteiger partial charge in [0.05, 0.1) is 17.4 Å². The number of hydrogen-bond donors (Lipinski definition) is 2. The molecule has 29 heavy (non-hydrogen) atoms. The smallest absolute Gasteiger partial charge is 0.163 e. The van der Waals surface area contributed by atoms with Gasteiger partial charge in [-0.2, -0.15) is 0 Å². The lowest BCUT2D eigenvalue weighted by Gasteiger charge is -2.30. The predicted octanol–water partition coefficient (Wildman–Crippen LogP) is 6.32. The van der Waals surface area contributed by atoms with Gasteiger partial charge in [-0.1, -0.05) is 66.2 Å². The third-order valence-electron chi connectivity index (χ3n) is 5.78. The van der Waals surface area contributed by atoms with Crippen LogP contribution in [0, 0.1) is 0 Å². The minimum absolute atomic E-state index is 0.186. The molecule has 1 heterocycles. The van der Waals surface area contributed by atoms with Gasteiger partial charge >= 0.3 is 0 Å². The van der Waals surface area contributed by atoms with E-state index in [0.29, 0.717) is 11.4 Å². The van der Waals surface area contributed by atoms with Gasteiger partial charge in [-0.3, -0.25) is 4.79 Å². The van der Waals surface area contributed by atoms with Crippen LogP contribution in [0.5, 0.6) is 0 Å². The van der Waals surface area contributed by atoms with Crippen LogP contribution in [0.4, 0.5) is 11.4 Å². The fraction of sp³-hybridized carbons (Fsp3) is 0.160. The number of benzene rings is 3. The predicted molar refractivity (Wildman–Crippen MR) is 118 cm³/mol. The first-order chi connectivity index (χ1) is 14.2. The van der Waals surface area contributed by atoms with Crippen molar-refractivity contribution < 1.29 is 4.79 Å². The third-order valence-corrected chi connectivity index (χ3v) is 6.04. The standard InChI is InChI=1S/C25H21ClN2O/c26-19-12-10-17(11-13-19)25-24-22(27-20-8-4-5-9-21(20)28-25)14-18(15-23(24)29)16-6-2-1-3-7-16/h1-13,18,25,27-28H,14-15H2/t18-,25+/m0/s1. The van der Waals surface area contributed by atoms with E-state index in [4.69, 9.17) is 11.6 Å². The van der Waals surface area contributed by atoms with Crippen LogP contribution in [-0.2, 0) is 4.79 Å². The van der Waals surface area contributed by atoms with E-state index in [-0.39, 0.29) is 17.7 Å². The van der Waals surface area contributed by atoms with Gasteiger partial charge in [0, 0.05) is 22.7 Å². The molecule has 3 aromatic rings. The van der Waals surface area contributed by atoms with Gasteiger partial charge in [-0.15, -0.1) is 0 Å². The second-order valence-electron chi connectivity index (χ2n) is 7.63. The Morgan fingerprint density at radius 2 is 1.45 bits per heavy atom. The number of ketones is 1. The molecule has 3 aromatic carbocycles. The molecule has 2 N–H and O–H groups in total. The Morgan fingerprint density at radius 3 is 2.21 bits per heavy atom. The fourth-order valence-corrected chi connectivity index (χ4v) is 4.48. The number of hydrogen-bond acceptors (Lipinski definition) is 3. The molecule has 0 saturated heterocycles. The Balaban J connectivity index is 1.61. The Labute approximate surface area is 175 Å². The van der Waals surface area contributed by atoms with Crippen molar-refractivity contribution in [2.24, 2.45) is 0 Å². The number of para-hydroxylation sites is 2. The first kappa shape index (κ1) is 18.0. The highest BCUT2D eigenvalue weighted by Crippen LogP contribution is 2.44. The van der Waals surface area contributed by atoms with Crippen molar-refractivity contribution in [3.8, 4) is 0 Å². The van der Waals surface area contributed by atoms with Crippen LogP contribution in [0.25, 0.3) is 0 Å². The van der Waals surface area contributed by atoms with Gasteiger partial charge in [-0.25, -0.2) is 0 Å². The zero-order valence-electron chi connectivity index (χ0n) is 15.9. The van der Waals surface area contributed by atoms with Crippen LogP contribution in [0.1, 0.15) is 35.9 Å². The lowest BCUT2D eigenvalue weighted by Crippen LogP contribution is -2.26. The van der Waals surface area contributed by atoms with Crippen molar-refractivity contribution in [3.63, 3.8) is 0 Å². The molecule has 1 aliphatic carbocycles. The number of fused-ring (bicyclic) bond motifs is 1. The molecular weight excluding hydrogens is 380 g/mol. The normalized spacial score (nSPS) is 20.8. The zero-order valence-corrected chi connectivity index (χ0v) is 16.6. The van der Waals surface area contributed by atoms with Crippen LogP contribution >= 0.6 is 11.6 Å². The first-order valence-corrected chi connectivity index (χ1v) is 10.3. The van der Waals surface area contributed by atoms with Crippen LogP contribution in [0.2, 0.25) is 5.02 Å². The van der Waals surface area contributed by atoms with Gasteiger partial charge in [0.2, 0.25) is 0 Å². The monoisotopic (exact) mass is 400 g/mol. The summed E-state index contributed by atoms with van der Waals surface area (Å²) in [6.45, 7) is 0. The van der Waals surface area contributed by atoms with E-state index >= 15 is 0 Å². The highest BCUT2D eigenvalue weighted by molar-refractivity contribution is 6.30. The van der Waals surface area contributed by atoms with Crippen molar-refractivity contribution in [2.75, 3.05) is 10.6 Å². The Bertz CT molecular complexity index is 1090. The molecule has 2 aliphatic rings. The lowest BCUT2D eigenvalue weighted by molar-refractivity contribution is -0.116. The molecule has 144 valence electrons. The van der Waals surface area contributed by atoms with Crippen molar-refractivity contribution in [1.29, 1.82) is 0 Å². The second kappa shape index (κ2) is 7.41. The van der Waals surface area contributed by atoms with E-state index in [1.54, 1.807) is 0 Å². The molecule has 0 fully saturated rings. The minimum Gasteiger partial charge on any atom is -0.372 e. The number of Topliss-reactive ketones (excluding diaryl/α,β-unsaturated/α-hetero) is 1. The number of carbonyl (C=O) groups excluding carboxylic acids is 1. The molecule has 2 atom stereocenters. The van der Waals surface area contributed by atoms with Crippen molar-refractivity contribution in [3.05, 3.63) is 106 Å². The average Bonchev–Trinajstić information content (AvgIpc) is 2.92. The molecular formula is C25H21ClN2O. The first-order valence-electron chi connectivity index (χ1n) is 9.88. The van der Waals surface area contributed by atoms with Crippen LogP contribution in [0.15, 0.2) is 90.1 Å².